The van der Waals surface area contributed by atoms with E-state index < -0.39 is 0 Å². The van der Waals surface area contributed by atoms with Gasteiger partial charge in [0.05, 0.1) is 0 Å². The average molecular weight is 134 g/mol. The molecule has 0 atom stereocenters. The minimum atomic E-state index is 0.566. The first-order chi connectivity index (χ1) is 3.31. The molecule has 0 heterocycles. The monoisotopic (exact) mass is 134 g/mol. The van der Waals surface area contributed by atoms with Gasteiger partial charge in [-0.25, -0.2) is 0 Å². The van der Waals surface area contributed by atoms with E-state index in [1.807, 2.05) is 0 Å². The number of terminal acetylenes is 1. The molecular formula is C5H6CrO. The molecule has 1 nitrogen and oxygen atoms in total. The topological polar surface area (TPSA) is 9.23 Å². The van der Waals surface area contributed by atoms with Gasteiger partial charge in [-0.2, -0.15) is 0 Å². The van der Waals surface area contributed by atoms with Crippen molar-refractivity contribution in [1.82, 2.24) is 0 Å². The summed E-state index contributed by atoms with van der Waals surface area (Å²) in [5.41, 5.74) is 0. The second-order valence-electron chi connectivity index (χ2n) is 0.957. The molecule has 0 aliphatic heterocycles. The van der Waals surface area contributed by atoms with Crippen LogP contribution in [0, 0.1) is 12.3 Å². The molecule has 0 unspecified atom stereocenters. The Morgan fingerprint density at radius 3 is 2.71 bits per heavy atom. The molecule has 0 aromatic rings. The summed E-state index contributed by atoms with van der Waals surface area (Å²) in [5, 5.41) is 0. The molecule has 0 rings (SSSR count). The van der Waals surface area contributed by atoms with Crippen molar-refractivity contribution in [2.75, 3.05) is 7.11 Å². The van der Waals surface area contributed by atoms with Crippen molar-refractivity contribution in [3.8, 4) is 12.3 Å². The van der Waals surface area contributed by atoms with Gasteiger partial charge in [0.1, 0.15) is 0 Å². The van der Waals surface area contributed by atoms with Gasteiger partial charge < -0.3 is 0 Å². The van der Waals surface area contributed by atoms with Crippen LogP contribution in [0.25, 0.3) is 0 Å². The first kappa shape index (κ1) is 6.92. The van der Waals surface area contributed by atoms with E-state index in [-0.39, 0.29) is 0 Å². The van der Waals surface area contributed by atoms with Gasteiger partial charge in [0.2, 0.25) is 0 Å². The van der Waals surface area contributed by atoms with E-state index in [9.17, 15) is 0 Å². The Morgan fingerprint density at radius 1 is 2.00 bits per heavy atom. The summed E-state index contributed by atoms with van der Waals surface area (Å²) in [6, 6.07) is 0. The molecule has 38 valence electrons. The zero-order chi connectivity index (χ0) is 5.70. The van der Waals surface area contributed by atoms with Crippen LogP contribution in [0.2, 0.25) is 0 Å². The zero-order valence-electron chi connectivity index (χ0n) is 4.10. The summed E-state index contributed by atoms with van der Waals surface area (Å²) in [5.74, 6) is 2.43. The van der Waals surface area contributed by atoms with Crippen molar-refractivity contribution in [3.63, 3.8) is 0 Å². The molecule has 0 bridgehead atoms. The Morgan fingerprint density at radius 2 is 2.57 bits per heavy atom. The molecule has 0 aromatic heterocycles. The first-order valence-electron chi connectivity index (χ1n) is 1.81. The maximum absolute atomic E-state index is 4.93. The van der Waals surface area contributed by atoms with Crippen molar-refractivity contribution >= 4 is 4.57 Å². The van der Waals surface area contributed by atoms with E-state index in [1.165, 1.54) is 0 Å². The number of ether oxygens (including phenoxy) is 1. The Bertz CT molecular complexity index is 101. The van der Waals surface area contributed by atoms with Crippen LogP contribution in [-0.2, 0) is 20.6 Å². The van der Waals surface area contributed by atoms with Gasteiger partial charge >= 0.3 is 51.0 Å². The van der Waals surface area contributed by atoms with Gasteiger partial charge in [0, 0.05) is 0 Å². The number of hydrogen-bond acceptors (Lipinski definition) is 1. The second-order valence-corrected chi connectivity index (χ2v) is 1.67. The number of hydrogen-bond donors (Lipinski definition) is 0. The summed E-state index contributed by atoms with van der Waals surface area (Å²) >= 11 is 2.68. The van der Waals surface area contributed by atoms with Crippen molar-refractivity contribution in [1.29, 1.82) is 0 Å². The minimum absolute atomic E-state index is 0.566. The molecule has 7 heavy (non-hydrogen) atoms. The molecule has 0 saturated heterocycles. The maximum atomic E-state index is 4.93. The van der Waals surface area contributed by atoms with Gasteiger partial charge in [-0.3, -0.25) is 0 Å². The summed E-state index contributed by atoms with van der Waals surface area (Å²) < 4.78 is 5.48. The molecule has 0 saturated carbocycles. The Hall–Kier alpha value is -0.0775. The van der Waals surface area contributed by atoms with Crippen LogP contribution in [0.3, 0.4) is 0 Å². The quantitative estimate of drug-likeness (QED) is 0.494. The molecule has 2 heteroatoms. The average Bonchev–Trinajstić information content (AvgIpc) is 1.68. The van der Waals surface area contributed by atoms with E-state index in [4.69, 9.17) is 11.2 Å². The summed E-state index contributed by atoms with van der Waals surface area (Å²) in [6.07, 6.45) is 5.50. The molecular weight excluding hydrogens is 128 g/mol. The zero-order valence-corrected chi connectivity index (χ0v) is 5.38. The van der Waals surface area contributed by atoms with Gasteiger partial charge in [-0.1, -0.05) is 0 Å². The standard InChI is InChI=1S/C5H6O.Cr/c1-3-4-5-6-2;/h1H,4H2,2H3;. The first-order valence-corrected chi connectivity index (χ1v) is 2.45. The van der Waals surface area contributed by atoms with Crippen LogP contribution in [0.15, 0.2) is 0 Å². The fourth-order valence-corrected chi connectivity index (χ4v) is 0.286. The number of methoxy groups -OCH3 is 1. The van der Waals surface area contributed by atoms with Gasteiger partial charge in [0.25, 0.3) is 0 Å². The third kappa shape index (κ3) is 3.76. The molecule has 0 aliphatic rings. The molecule has 0 radical (unpaired) electrons. The van der Waals surface area contributed by atoms with Crippen LogP contribution in [0.1, 0.15) is 6.42 Å². The summed E-state index contributed by atoms with van der Waals surface area (Å²) in [4.78, 5) is 0. The van der Waals surface area contributed by atoms with Gasteiger partial charge in [0.15, 0.2) is 0 Å². The van der Waals surface area contributed by atoms with E-state index in [0.717, 1.165) is 4.57 Å². The molecule has 0 aromatic carbocycles. The third-order valence-electron chi connectivity index (χ3n) is 0.474. The number of rotatable bonds is 2. The fourth-order valence-electron chi connectivity index (χ4n) is 0.156. The molecule has 0 fully saturated rings. The van der Waals surface area contributed by atoms with Crippen LogP contribution >= 0.6 is 0 Å². The molecule has 0 amide bonds. The van der Waals surface area contributed by atoms with E-state index in [0.29, 0.717) is 6.42 Å². The van der Waals surface area contributed by atoms with Crippen molar-refractivity contribution in [2.45, 2.75) is 6.42 Å². The Labute approximate surface area is 51.6 Å². The van der Waals surface area contributed by atoms with Gasteiger partial charge in [-0.15, -0.1) is 0 Å². The van der Waals surface area contributed by atoms with Crippen molar-refractivity contribution in [3.05, 3.63) is 0 Å². The van der Waals surface area contributed by atoms with E-state index in [2.05, 4.69) is 21.8 Å². The van der Waals surface area contributed by atoms with Crippen molar-refractivity contribution in [2.24, 2.45) is 0 Å². The van der Waals surface area contributed by atoms with E-state index in [1.54, 1.807) is 7.11 Å². The van der Waals surface area contributed by atoms with Crippen LogP contribution in [-0.4, -0.2) is 11.7 Å². The van der Waals surface area contributed by atoms with Gasteiger partial charge in [-0.05, 0) is 0 Å². The molecule has 0 spiro atoms. The predicted molar refractivity (Wildman–Crippen MR) is 25.5 cm³/mol. The normalized spacial score (nSPS) is 7.43. The van der Waals surface area contributed by atoms with Crippen LogP contribution in [0.5, 0.6) is 0 Å². The Balaban J connectivity index is 3.23. The Kier molecular flexibility index (Phi) is 4.05. The van der Waals surface area contributed by atoms with Crippen molar-refractivity contribution < 1.29 is 20.6 Å². The molecule has 0 aliphatic carbocycles. The summed E-state index contributed by atoms with van der Waals surface area (Å²) in [6.45, 7) is 0. The fraction of sp³-hybridized carbons (Fsp3) is 0.400. The predicted octanol–water partition coefficient (Wildman–Crippen LogP) is 0.333. The van der Waals surface area contributed by atoms with Crippen LogP contribution < -0.4 is 0 Å². The second kappa shape index (κ2) is 4.09. The third-order valence-corrected chi connectivity index (χ3v) is 0.960. The van der Waals surface area contributed by atoms with E-state index >= 15 is 0 Å². The van der Waals surface area contributed by atoms with Crippen LogP contribution in [0.4, 0.5) is 0 Å². The summed E-state index contributed by atoms with van der Waals surface area (Å²) in [7, 11) is 1.59. The SMILES string of the molecule is C#CC[C](=[Cr])OC. The molecule has 0 N–H and O–H groups in total.